The molecule has 0 unspecified atom stereocenters. The van der Waals surface area contributed by atoms with Crippen LogP contribution in [0.3, 0.4) is 0 Å². The van der Waals surface area contributed by atoms with Crippen LogP contribution in [-0.2, 0) is 4.79 Å². The zero-order valence-electron chi connectivity index (χ0n) is 13.2. The Morgan fingerprint density at radius 3 is 2.35 bits per heavy atom. The number of anilines is 1. The fourth-order valence-corrected chi connectivity index (χ4v) is 2.21. The van der Waals surface area contributed by atoms with Crippen LogP contribution in [0.1, 0.15) is 31.1 Å². The maximum Gasteiger partial charge on any atom is 0.267 e. The largest absolute Gasteiger partial charge is 0.478 e. The molecule has 120 valence electrons. The van der Waals surface area contributed by atoms with E-state index in [9.17, 15) is 9.59 Å². The third-order valence-corrected chi connectivity index (χ3v) is 3.79. The second-order valence-corrected chi connectivity index (χ2v) is 6.57. The molecule has 2 rings (SSSR count). The lowest BCUT2D eigenvalue weighted by molar-refractivity contribution is -0.128. The highest BCUT2D eigenvalue weighted by atomic mass is 79.9. The number of ether oxygens (including phenoxy) is 1. The minimum Gasteiger partial charge on any atom is -0.478 e. The number of Topliss-reactive ketones (excluding diaryl/α,β-unsaturated/α-hetero) is 1. The van der Waals surface area contributed by atoms with Gasteiger partial charge in [-0.3, -0.25) is 9.59 Å². The summed E-state index contributed by atoms with van der Waals surface area (Å²) in [4.78, 5) is 23.9. The van der Waals surface area contributed by atoms with Gasteiger partial charge in [-0.1, -0.05) is 28.1 Å². The zero-order chi connectivity index (χ0) is 17.0. The molecule has 2 aromatic rings. The first-order chi connectivity index (χ1) is 10.8. The minimum absolute atomic E-state index is 0.0496. The molecule has 0 bridgehead atoms. The van der Waals surface area contributed by atoms with Crippen molar-refractivity contribution in [2.75, 3.05) is 5.32 Å². The molecule has 0 saturated carbocycles. The molecule has 23 heavy (non-hydrogen) atoms. The normalized spacial score (nSPS) is 11.0. The van der Waals surface area contributed by atoms with Crippen LogP contribution in [0.4, 0.5) is 5.69 Å². The van der Waals surface area contributed by atoms with E-state index in [0.29, 0.717) is 17.0 Å². The summed E-state index contributed by atoms with van der Waals surface area (Å²) < 4.78 is 6.71. The molecule has 0 aliphatic rings. The van der Waals surface area contributed by atoms with Gasteiger partial charge in [0, 0.05) is 15.7 Å². The molecule has 0 saturated heterocycles. The third-order valence-electron chi connectivity index (χ3n) is 3.26. The van der Waals surface area contributed by atoms with Gasteiger partial charge in [-0.15, -0.1) is 0 Å². The molecule has 0 aromatic heterocycles. The highest BCUT2D eigenvalue weighted by molar-refractivity contribution is 9.10. The quantitative estimate of drug-likeness (QED) is 0.785. The highest BCUT2D eigenvalue weighted by Crippen LogP contribution is 2.22. The number of nitrogens with one attached hydrogen (secondary N) is 1. The van der Waals surface area contributed by atoms with Crippen LogP contribution >= 0.6 is 15.9 Å². The number of carbonyl (C=O) groups excluding carboxylic acids is 2. The highest BCUT2D eigenvalue weighted by Gasteiger charge is 2.30. The molecule has 0 aliphatic carbocycles. The van der Waals surface area contributed by atoms with E-state index in [1.165, 1.54) is 6.92 Å². The van der Waals surface area contributed by atoms with Crippen molar-refractivity contribution in [1.82, 2.24) is 0 Å². The van der Waals surface area contributed by atoms with Gasteiger partial charge in [0.2, 0.25) is 0 Å². The van der Waals surface area contributed by atoms with Gasteiger partial charge >= 0.3 is 0 Å². The second kappa shape index (κ2) is 6.96. The zero-order valence-corrected chi connectivity index (χ0v) is 14.8. The number of rotatable bonds is 5. The SMILES string of the molecule is CC(=O)c1cccc(NC(=O)C(C)(C)Oc2ccc(Br)cc2)c1. The average Bonchev–Trinajstić information content (AvgIpc) is 2.49. The molecule has 1 amide bonds. The van der Waals surface area contributed by atoms with Gasteiger partial charge in [0.05, 0.1) is 0 Å². The Hall–Kier alpha value is -2.14. The number of halogens is 1. The number of amides is 1. The summed E-state index contributed by atoms with van der Waals surface area (Å²) in [7, 11) is 0. The molecule has 0 atom stereocenters. The van der Waals surface area contributed by atoms with Crippen LogP contribution < -0.4 is 10.1 Å². The summed E-state index contributed by atoms with van der Waals surface area (Å²) in [5.74, 6) is 0.262. The van der Waals surface area contributed by atoms with E-state index in [1.54, 1.807) is 50.2 Å². The van der Waals surface area contributed by atoms with Crippen LogP contribution in [0.2, 0.25) is 0 Å². The third kappa shape index (κ3) is 4.66. The van der Waals surface area contributed by atoms with Crippen molar-refractivity contribution in [2.45, 2.75) is 26.4 Å². The molecule has 5 heteroatoms. The lowest BCUT2D eigenvalue weighted by Crippen LogP contribution is -2.42. The first-order valence-electron chi connectivity index (χ1n) is 7.15. The molecule has 0 heterocycles. The predicted octanol–water partition coefficient (Wildman–Crippen LogP) is 4.45. The maximum absolute atomic E-state index is 12.5. The van der Waals surface area contributed by atoms with Crippen molar-refractivity contribution < 1.29 is 14.3 Å². The predicted molar refractivity (Wildman–Crippen MR) is 93.9 cm³/mol. The van der Waals surface area contributed by atoms with Crippen LogP contribution in [-0.4, -0.2) is 17.3 Å². The number of carbonyl (C=O) groups is 2. The van der Waals surface area contributed by atoms with E-state index >= 15 is 0 Å². The molecule has 0 fully saturated rings. The van der Waals surface area contributed by atoms with Gasteiger partial charge in [-0.25, -0.2) is 0 Å². The van der Waals surface area contributed by atoms with Crippen LogP contribution in [0.15, 0.2) is 53.0 Å². The molecular formula is C18H18BrNO3. The fraction of sp³-hybridized carbons (Fsp3) is 0.222. The number of hydrogen-bond acceptors (Lipinski definition) is 3. The number of benzene rings is 2. The molecule has 4 nitrogen and oxygen atoms in total. The molecule has 1 N–H and O–H groups in total. The van der Waals surface area contributed by atoms with Gasteiger partial charge in [0.15, 0.2) is 11.4 Å². The van der Waals surface area contributed by atoms with Crippen LogP contribution in [0, 0.1) is 0 Å². The summed E-state index contributed by atoms with van der Waals surface area (Å²) in [5, 5.41) is 2.78. The summed E-state index contributed by atoms with van der Waals surface area (Å²) in [5.41, 5.74) is 0.0599. The van der Waals surface area contributed by atoms with Gasteiger partial charge in [0.1, 0.15) is 5.75 Å². The number of ketones is 1. The van der Waals surface area contributed by atoms with Crippen molar-refractivity contribution in [2.24, 2.45) is 0 Å². The molecular weight excluding hydrogens is 358 g/mol. The Labute approximate surface area is 144 Å². The van der Waals surface area contributed by atoms with E-state index < -0.39 is 5.60 Å². The van der Waals surface area contributed by atoms with Crippen LogP contribution in [0.25, 0.3) is 0 Å². The monoisotopic (exact) mass is 375 g/mol. The summed E-state index contributed by atoms with van der Waals surface area (Å²) in [6.07, 6.45) is 0. The maximum atomic E-state index is 12.5. The standard InChI is InChI=1S/C18H18BrNO3/c1-12(21)13-5-4-6-15(11-13)20-17(22)18(2,3)23-16-9-7-14(19)8-10-16/h4-11H,1-3H3,(H,20,22). The van der Waals surface area contributed by atoms with Gasteiger partial charge in [0.25, 0.3) is 5.91 Å². The van der Waals surface area contributed by atoms with Gasteiger partial charge in [-0.2, -0.15) is 0 Å². The molecule has 2 aromatic carbocycles. The Balaban J connectivity index is 2.10. The first-order valence-corrected chi connectivity index (χ1v) is 7.94. The Morgan fingerprint density at radius 2 is 1.74 bits per heavy atom. The average molecular weight is 376 g/mol. The molecule has 0 spiro atoms. The Morgan fingerprint density at radius 1 is 1.09 bits per heavy atom. The van der Waals surface area contributed by atoms with Crippen molar-refractivity contribution >= 4 is 33.3 Å². The smallest absolute Gasteiger partial charge is 0.267 e. The number of hydrogen-bond donors (Lipinski definition) is 1. The molecule has 0 aliphatic heterocycles. The topological polar surface area (TPSA) is 55.4 Å². The van der Waals surface area contributed by atoms with E-state index in [0.717, 1.165) is 4.47 Å². The van der Waals surface area contributed by atoms with E-state index in [1.807, 2.05) is 12.1 Å². The Kier molecular flexibility index (Phi) is 5.21. The van der Waals surface area contributed by atoms with Gasteiger partial charge in [-0.05, 0) is 57.2 Å². The van der Waals surface area contributed by atoms with Crippen LogP contribution in [0.5, 0.6) is 5.75 Å². The minimum atomic E-state index is -1.06. The second-order valence-electron chi connectivity index (χ2n) is 5.66. The van der Waals surface area contributed by atoms with Crippen molar-refractivity contribution in [3.8, 4) is 5.75 Å². The van der Waals surface area contributed by atoms with E-state index in [-0.39, 0.29) is 11.7 Å². The van der Waals surface area contributed by atoms with Crippen molar-refractivity contribution in [1.29, 1.82) is 0 Å². The van der Waals surface area contributed by atoms with Crippen molar-refractivity contribution in [3.63, 3.8) is 0 Å². The fourth-order valence-electron chi connectivity index (χ4n) is 1.94. The lowest BCUT2D eigenvalue weighted by Gasteiger charge is -2.25. The first kappa shape index (κ1) is 17.2. The van der Waals surface area contributed by atoms with E-state index in [4.69, 9.17) is 4.74 Å². The lowest BCUT2D eigenvalue weighted by atomic mass is 10.1. The summed E-state index contributed by atoms with van der Waals surface area (Å²) in [6, 6.07) is 14.1. The molecule has 0 radical (unpaired) electrons. The van der Waals surface area contributed by atoms with E-state index in [2.05, 4.69) is 21.2 Å². The Bertz CT molecular complexity index is 723. The summed E-state index contributed by atoms with van der Waals surface area (Å²) >= 11 is 3.35. The summed E-state index contributed by atoms with van der Waals surface area (Å²) in [6.45, 7) is 4.87. The van der Waals surface area contributed by atoms with Gasteiger partial charge < -0.3 is 10.1 Å². The van der Waals surface area contributed by atoms with Crippen molar-refractivity contribution in [3.05, 3.63) is 58.6 Å².